The number of anilines is 1. The number of carbonyl (C=O) groups is 1. The second-order valence-corrected chi connectivity index (χ2v) is 5.37. The van der Waals surface area contributed by atoms with Crippen LogP contribution < -0.4 is 10.5 Å². The smallest absolute Gasteiger partial charge is 0.348 e. The predicted molar refractivity (Wildman–Crippen MR) is 81.1 cm³/mol. The first-order chi connectivity index (χ1) is 10.1. The van der Waals surface area contributed by atoms with E-state index in [4.69, 9.17) is 15.2 Å². The van der Waals surface area contributed by atoms with E-state index in [-0.39, 0.29) is 4.88 Å². The highest BCUT2D eigenvalue weighted by molar-refractivity contribution is 7.14. The lowest BCUT2D eigenvalue weighted by Crippen LogP contribution is -1.97. The molecule has 0 spiro atoms. The summed E-state index contributed by atoms with van der Waals surface area (Å²) >= 11 is 1.16. The lowest BCUT2D eigenvalue weighted by molar-refractivity contribution is 0.0702. The normalized spacial score (nSPS) is 10.6. The fourth-order valence-corrected chi connectivity index (χ4v) is 2.79. The first-order valence-corrected chi connectivity index (χ1v) is 7.04. The summed E-state index contributed by atoms with van der Waals surface area (Å²) in [7, 11) is 3.12. The van der Waals surface area contributed by atoms with Gasteiger partial charge in [-0.3, -0.25) is 0 Å². The standard InChI is InChI=1S/C14H16N2O4S/c1-19-6-5-11-16-12(13(21-11)14(17)18)8-3-4-10(20-2)9(15)7-8/h3-4,7H,5-6,15H2,1-2H3,(H,17,18). The molecule has 0 aliphatic heterocycles. The lowest BCUT2D eigenvalue weighted by Gasteiger charge is -2.06. The number of benzene rings is 1. The van der Waals surface area contributed by atoms with Crippen molar-refractivity contribution in [3.05, 3.63) is 28.1 Å². The number of nitrogens with two attached hydrogens (primary N) is 1. The van der Waals surface area contributed by atoms with Crippen molar-refractivity contribution in [2.45, 2.75) is 6.42 Å². The van der Waals surface area contributed by atoms with Gasteiger partial charge in [0, 0.05) is 19.1 Å². The average molecular weight is 308 g/mol. The monoisotopic (exact) mass is 308 g/mol. The van der Waals surface area contributed by atoms with Gasteiger partial charge in [-0.05, 0) is 18.2 Å². The molecule has 0 aliphatic carbocycles. The quantitative estimate of drug-likeness (QED) is 0.795. The number of aromatic carboxylic acids is 1. The van der Waals surface area contributed by atoms with Crippen molar-refractivity contribution in [3.63, 3.8) is 0 Å². The Labute approximate surface area is 126 Å². The van der Waals surface area contributed by atoms with Crippen molar-refractivity contribution in [1.82, 2.24) is 4.98 Å². The van der Waals surface area contributed by atoms with Crippen molar-refractivity contribution in [2.75, 3.05) is 26.6 Å². The number of ether oxygens (including phenoxy) is 2. The first-order valence-electron chi connectivity index (χ1n) is 6.22. The third kappa shape index (κ3) is 3.32. The third-order valence-corrected chi connectivity index (χ3v) is 3.99. The molecular weight excluding hydrogens is 292 g/mol. The van der Waals surface area contributed by atoms with Gasteiger partial charge in [-0.15, -0.1) is 11.3 Å². The Morgan fingerprint density at radius 1 is 1.43 bits per heavy atom. The van der Waals surface area contributed by atoms with Crippen molar-refractivity contribution in [3.8, 4) is 17.0 Å². The number of carboxylic acids is 1. The lowest BCUT2D eigenvalue weighted by atomic mass is 10.1. The first kappa shape index (κ1) is 15.3. The van der Waals surface area contributed by atoms with Crippen molar-refractivity contribution < 1.29 is 19.4 Å². The Morgan fingerprint density at radius 2 is 2.19 bits per heavy atom. The highest BCUT2D eigenvalue weighted by atomic mass is 32.1. The van der Waals surface area contributed by atoms with Crippen LogP contribution in [-0.4, -0.2) is 36.9 Å². The highest BCUT2D eigenvalue weighted by Crippen LogP contribution is 2.32. The van der Waals surface area contributed by atoms with Crippen LogP contribution in [0.3, 0.4) is 0 Å². The Hall–Kier alpha value is -2.12. The van der Waals surface area contributed by atoms with Gasteiger partial charge in [0.25, 0.3) is 0 Å². The molecule has 0 unspecified atom stereocenters. The topological polar surface area (TPSA) is 94.7 Å². The molecule has 2 rings (SSSR count). The molecule has 1 heterocycles. The second-order valence-electron chi connectivity index (χ2n) is 4.29. The number of nitrogens with zero attached hydrogens (tertiary/aromatic N) is 1. The summed E-state index contributed by atoms with van der Waals surface area (Å²) in [6, 6.07) is 5.11. The van der Waals surface area contributed by atoms with Gasteiger partial charge in [-0.1, -0.05) is 0 Å². The SMILES string of the molecule is COCCc1nc(-c2ccc(OC)c(N)c2)c(C(=O)O)s1. The van der Waals surface area contributed by atoms with E-state index in [1.807, 2.05) is 0 Å². The Kier molecular flexibility index (Phi) is 4.77. The van der Waals surface area contributed by atoms with Crippen LogP contribution in [0, 0.1) is 0 Å². The molecule has 0 atom stereocenters. The van der Waals surface area contributed by atoms with Crippen molar-refractivity contribution >= 4 is 23.0 Å². The summed E-state index contributed by atoms with van der Waals surface area (Å²) in [5, 5.41) is 10.0. The van der Waals surface area contributed by atoms with Gasteiger partial charge in [-0.25, -0.2) is 9.78 Å². The Morgan fingerprint density at radius 3 is 2.76 bits per heavy atom. The number of aromatic nitrogens is 1. The zero-order chi connectivity index (χ0) is 15.4. The minimum Gasteiger partial charge on any atom is -0.495 e. The van der Waals surface area contributed by atoms with Crippen molar-refractivity contribution in [2.24, 2.45) is 0 Å². The molecule has 7 heteroatoms. The number of methoxy groups -OCH3 is 2. The van der Waals surface area contributed by atoms with E-state index >= 15 is 0 Å². The molecule has 1 aromatic carbocycles. The number of hydrogen-bond acceptors (Lipinski definition) is 6. The van der Waals surface area contributed by atoms with Crippen LogP contribution in [0.15, 0.2) is 18.2 Å². The van der Waals surface area contributed by atoms with Crippen LogP contribution >= 0.6 is 11.3 Å². The molecule has 0 saturated carbocycles. The van der Waals surface area contributed by atoms with E-state index in [1.165, 1.54) is 7.11 Å². The van der Waals surface area contributed by atoms with Crippen molar-refractivity contribution in [1.29, 1.82) is 0 Å². The predicted octanol–water partition coefficient (Wildman–Crippen LogP) is 2.29. The van der Waals surface area contributed by atoms with E-state index < -0.39 is 5.97 Å². The van der Waals surface area contributed by atoms with Gasteiger partial charge >= 0.3 is 5.97 Å². The molecule has 21 heavy (non-hydrogen) atoms. The van der Waals surface area contributed by atoms with Gasteiger partial charge in [-0.2, -0.15) is 0 Å². The molecule has 3 N–H and O–H groups in total. The fraction of sp³-hybridized carbons (Fsp3) is 0.286. The maximum Gasteiger partial charge on any atom is 0.348 e. The maximum atomic E-state index is 11.4. The zero-order valence-electron chi connectivity index (χ0n) is 11.8. The summed E-state index contributed by atoms with van der Waals surface area (Å²) in [4.78, 5) is 16.0. The summed E-state index contributed by atoms with van der Waals surface area (Å²) in [6.45, 7) is 0.497. The molecule has 6 nitrogen and oxygen atoms in total. The molecule has 2 aromatic rings. The molecular formula is C14H16N2O4S. The third-order valence-electron chi connectivity index (χ3n) is 2.89. The summed E-state index contributed by atoms with van der Waals surface area (Å²) in [5.41, 5.74) is 7.39. The molecule has 112 valence electrons. The Balaban J connectivity index is 2.43. The molecule has 0 saturated heterocycles. The van der Waals surface area contributed by atoms with Crippen LogP contribution in [0.4, 0.5) is 5.69 Å². The number of carboxylic acid groups (broad SMARTS) is 1. The van der Waals surface area contributed by atoms with E-state index in [0.717, 1.165) is 16.3 Å². The summed E-state index contributed by atoms with van der Waals surface area (Å²) < 4.78 is 10.1. The summed E-state index contributed by atoms with van der Waals surface area (Å²) in [6.07, 6.45) is 0.576. The minimum atomic E-state index is -0.999. The molecule has 0 radical (unpaired) electrons. The molecule has 0 fully saturated rings. The molecule has 0 amide bonds. The number of thiazole rings is 1. The number of nitrogen functional groups attached to an aromatic ring is 1. The number of rotatable bonds is 6. The van der Waals surface area contributed by atoms with E-state index in [1.54, 1.807) is 25.3 Å². The molecule has 0 bridgehead atoms. The van der Waals surface area contributed by atoms with Crippen LogP contribution in [0.5, 0.6) is 5.75 Å². The van der Waals surface area contributed by atoms with E-state index in [2.05, 4.69) is 4.98 Å². The van der Waals surface area contributed by atoms with Crippen LogP contribution in [0.1, 0.15) is 14.7 Å². The second kappa shape index (κ2) is 6.55. The van der Waals surface area contributed by atoms with Crippen LogP contribution in [0.25, 0.3) is 11.3 Å². The minimum absolute atomic E-state index is 0.200. The van der Waals surface area contributed by atoms with E-state index in [9.17, 15) is 9.90 Å². The van der Waals surface area contributed by atoms with Crippen LogP contribution in [0.2, 0.25) is 0 Å². The molecule has 0 aliphatic rings. The van der Waals surface area contributed by atoms with Gasteiger partial charge in [0.1, 0.15) is 10.6 Å². The fourth-order valence-electron chi connectivity index (χ4n) is 1.88. The highest BCUT2D eigenvalue weighted by Gasteiger charge is 2.19. The average Bonchev–Trinajstić information content (AvgIpc) is 2.89. The van der Waals surface area contributed by atoms with Gasteiger partial charge in [0.2, 0.25) is 0 Å². The number of hydrogen-bond donors (Lipinski definition) is 2. The largest absolute Gasteiger partial charge is 0.495 e. The van der Waals surface area contributed by atoms with Gasteiger partial charge < -0.3 is 20.3 Å². The van der Waals surface area contributed by atoms with Gasteiger partial charge in [0.05, 0.1) is 30.1 Å². The molecule has 1 aromatic heterocycles. The van der Waals surface area contributed by atoms with Gasteiger partial charge in [0.15, 0.2) is 0 Å². The van der Waals surface area contributed by atoms with E-state index in [0.29, 0.717) is 35.7 Å². The zero-order valence-corrected chi connectivity index (χ0v) is 12.6. The van der Waals surface area contributed by atoms with Crippen LogP contribution in [-0.2, 0) is 11.2 Å². The maximum absolute atomic E-state index is 11.4. The Bertz CT molecular complexity index is 654. The summed E-state index contributed by atoms with van der Waals surface area (Å²) in [5.74, 6) is -0.453.